The first-order valence-electron chi connectivity index (χ1n) is 6.09. The quantitative estimate of drug-likeness (QED) is 0.525. The fraction of sp³-hybridized carbons (Fsp3) is 0.286. The predicted octanol–water partition coefficient (Wildman–Crippen LogP) is 1.60. The zero-order valence-electron chi connectivity index (χ0n) is 11.2. The first-order valence-corrected chi connectivity index (χ1v) is 7.48. The molecule has 0 unspecified atom stereocenters. The van der Waals surface area contributed by atoms with E-state index in [-0.39, 0.29) is 0 Å². The van der Waals surface area contributed by atoms with E-state index in [1.54, 1.807) is 24.3 Å². The van der Waals surface area contributed by atoms with Crippen molar-refractivity contribution in [2.75, 3.05) is 17.7 Å². The summed E-state index contributed by atoms with van der Waals surface area (Å²) in [6, 6.07) is 6.21. The number of thioether (sulfide) groups is 1. The highest BCUT2D eigenvalue weighted by molar-refractivity contribution is 7.98. The molecule has 0 aromatic heterocycles. The number of carbonyl (C=O) groups is 2. The summed E-state index contributed by atoms with van der Waals surface area (Å²) in [6.07, 6.45) is 5.19. The molecule has 108 valence electrons. The fourth-order valence-corrected chi connectivity index (χ4v) is 2.02. The van der Waals surface area contributed by atoms with Gasteiger partial charge in [-0.05, 0) is 42.2 Å². The average molecular weight is 294 g/mol. The number of nitrogen functional groups attached to an aromatic ring is 1. The van der Waals surface area contributed by atoms with Crippen molar-refractivity contribution < 1.29 is 14.7 Å². The molecular formula is C14H18N2O3S. The number of rotatable bonds is 7. The van der Waals surface area contributed by atoms with Crippen molar-refractivity contribution in [1.29, 1.82) is 0 Å². The summed E-state index contributed by atoms with van der Waals surface area (Å²) in [7, 11) is 0. The molecule has 1 rings (SSSR count). The molecule has 1 aromatic carbocycles. The van der Waals surface area contributed by atoms with Crippen molar-refractivity contribution >= 4 is 35.4 Å². The maximum absolute atomic E-state index is 11.7. The van der Waals surface area contributed by atoms with E-state index < -0.39 is 17.9 Å². The van der Waals surface area contributed by atoms with Gasteiger partial charge in [0.25, 0.3) is 0 Å². The summed E-state index contributed by atoms with van der Waals surface area (Å²) < 4.78 is 0. The van der Waals surface area contributed by atoms with Gasteiger partial charge in [-0.15, -0.1) is 0 Å². The maximum Gasteiger partial charge on any atom is 0.326 e. The summed E-state index contributed by atoms with van der Waals surface area (Å²) in [4.78, 5) is 22.7. The molecule has 0 saturated heterocycles. The van der Waals surface area contributed by atoms with Crippen LogP contribution in [0.4, 0.5) is 5.69 Å². The minimum absolute atomic E-state index is 0.397. The van der Waals surface area contributed by atoms with Gasteiger partial charge >= 0.3 is 5.97 Å². The Labute approximate surface area is 122 Å². The Morgan fingerprint density at radius 3 is 2.85 bits per heavy atom. The van der Waals surface area contributed by atoms with Gasteiger partial charge in [-0.2, -0.15) is 11.8 Å². The van der Waals surface area contributed by atoms with Gasteiger partial charge < -0.3 is 16.2 Å². The number of hydrogen-bond donors (Lipinski definition) is 3. The number of carbonyl (C=O) groups excluding carboxylic acids is 1. The van der Waals surface area contributed by atoms with Gasteiger partial charge in [0.05, 0.1) is 0 Å². The lowest BCUT2D eigenvalue weighted by Gasteiger charge is -2.12. The molecule has 20 heavy (non-hydrogen) atoms. The molecule has 0 heterocycles. The Hall–Kier alpha value is -1.95. The van der Waals surface area contributed by atoms with E-state index in [2.05, 4.69) is 5.32 Å². The van der Waals surface area contributed by atoms with Crippen LogP contribution in [0.1, 0.15) is 12.0 Å². The summed E-state index contributed by atoms with van der Waals surface area (Å²) in [5.41, 5.74) is 7.02. The van der Waals surface area contributed by atoms with E-state index in [0.717, 1.165) is 5.56 Å². The molecule has 0 aliphatic rings. The highest BCUT2D eigenvalue weighted by Gasteiger charge is 2.17. The molecule has 5 nitrogen and oxygen atoms in total. The Morgan fingerprint density at radius 2 is 2.25 bits per heavy atom. The van der Waals surface area contributed by atoms with Crippen molar-refractivity contribution in [2.45, 2.75) is 12.5 Å². The third-order valence-corrected chi connectivity index (χ3v) is 3.21. The molecule has 0 fully saturated rings. The number of aliphatic carboxylic acids is 1. The van der Waals surface area contributed by atoms with Gasteiger partial charge in [0.15, 0.2) is 0 Å². The second-order valence-corrected chi connectivity index (χ2v) is 5.17. The number of nitrogens with one attached hydrogen (secondary N) is 1. The molecular weight excluding hydrogens is 276 g/mol. The van der Waals surface area contributed by atoms with Crippen LogP contribution in [0.25, 0.3) is 6.08 Å². The lowest BCUT2D eigenvalue weighted by atomic mass is 10.2. The van der Waals surface area contributed by atoms with E-state index >= 15 is 0 Å². The standard InChI is InChI=1S/C14H18N2O3S/c1-20-8-7-12(14(18)19)16-13(17)6-5-10-3-2-4-11(15)9-10/h2-6,9,12H,7-8,15H2,1H3,(H,16,17)(H,18,19)/b6-5+/t12-/m1/s1. The Morgan fingerprint density at radius 1 is 1.50 bits per heavy atom. The third kappa shape index (κ3) is 5.79. The van der Waals surface area contributed by atoms with Crippen molar-refractivity contribution in [3.8, 4) is 0 Å². The van der Waals surface area contributed by atoms with Gasteiger partial charge in [0.1, 0.15) is 6.04 Å². The summed E-state index contributed by atoms with van der Waals surface area (Å²) in [5.74, 6) is -0.776. The number of carboxylic acids is 1. The minimum atomic E-state index is -1.02. The second-order valence-electron chi connectivity index (χ2n) is 4.18. The zero-order valence-corrected chi connectivity index (χ0v) is 12.0. The number of anilines is 1. The van der Waals surface area contributed by atoms with Gasteiger partial charge in [-0.3, -0.25) is 4.79 Å². The van der Waals surface area contributed by atoms with E-state index in [0.29, 0.717) is 17.9 Å². The normalized spacial score (nSPS) is 12.2. The van der Waals surface area contributed by atoms with Crippen LogP contribution in [0, 0.1) is 0 Å². The smallest absolute Gasteiger partial charge is 0.326 e. The summed E-state index contributed by atoms with van der Waals surface area (Å²) in [5, 5.41) is 11.5. The van der Waals surface area contributed by atoms with Crippen molar-refractivity contribution in [3.05, 3.63) is 35.9 Å². The number of amides is 1. The van der Waals surface area contributed by atoms with Gasteiger partial charge in [-0.1, -0.05) is 12.1 Å². The highest BCUT2D eigenvalue weighted by Crippen LogP contribution is 2.08. The highest BCUT2D eigenvalue weighted by atomic mass is 32.2. The topological polar surface area (TPSA) is 92.4 Å². The van der Waals surface area contributed by atoms with Gasteiger partial charge in [0.2, 0.25) is 5.91 Å². The molecule has 0 aliphatic heterocycles. The van der Waals surface area contributed by atoms with Gasteiger partial charge in [0, 0.05) is 11.8 Å². The summed E-state index contributed by atoms with van der Waals surface area (Å²) >= 11 is 1.54. The number of hydrogen-bond acceptors (Lipinski definition) is 4. The van der Waals surface area contributed by atoms with Crippen molar-refractivity contribution in [2.24, 2.45) is 0 Å². The lowest BCUT2D eigenvalue weighted by molar-refractivity contribution is -0.141. The van der Waals surface area contributed by atoms with Gasteiger partial charge in [-0.25, -0.2) is 4.79 Å². The molecule has 0 bridgehead atoms. The molecule has 0 radical (unpaired) electrons. The van der Waals surface area contributed by atoms with Crippen LogP contribution in [0.2, 0.25) is 0 Å². The van der Waals surface area contributed by atoms with Crippen LogP contribution in [0.5, 0.6) is 0 Å². The van der Waals surface area contributed by atoms with Crippen LogP contribution < -0.4 is 11.1 Å². The van der Waals surface area contributed by atoms with Crippen LogP contribution in [-0.4, -0.2) is 35.0 Å². The Bertz CT molecular complexity index is 503. The Kier molecular flexibility index (Phi) is 6.66. The van der Waals surface area contributed by atoms with Crippen LogP contribution in [0.15, 0.2) is 30.3 Å². The zero-order chi connectivity index (χ0) is 15.0. The monoisotopic (exact) mass is 294 g/mol. The van der Waals surface area contributed by atoms with Crippen LogP contribution in [0.3, 0.4) is 0 Å². The SMILES string of the molecule is CSCC[C@@H](NC(=O)/C=C/c1cccc(N)c1)C(=O)O. The van der Waals surface area contributed by atoms with Crippen LogP contribution in [-0.2, 0) is 9.59 Å². The third-order valence-electron chi connectivity index (χ3n) is 2.56. The molecule has 1 aromatic rings. The molecule has 1 amide bonds. The summed E-state index contributed by atoms with van der Waals surface area (Å²) in [6.45, 7) is 0. The largest absolute Gasteiger partial charge is 0.480 e. The second kappa shape index (κ2) is 8.27. The number of nitrogens with two attached hydrogens (primary N) is 1. The minimum Gasteiger partial charge on any atom is -0.480 e. The fourth-order valence-electron chi connectivity index (χ4n) is 1.55. The van der Waals surface area contributed by atoms with E-state index in [1.807, 2.05) is 12.3 Å². The number of carboxylic acid groups (broad SMARTS) is 1. The number of benzene rings is 1. The first-order chi connectivity index (χ1) is 9.52. The molecule has 4 N–H and O–H groups in total. The Balaban J connectivity index is 2.59. The van der Waals surface area contributed by atoms with Crippen molar-refractivity contribution in [3.63, 3.8) is 0 Å². The van der Waals surface area contributed by atoms with E-state index in [9.17, 15) is 9.59 Å². The maximum atomic E-state index is 11.7. The van der Waals surface area contributed by atoms with E-state index in [1.165, 1.54) is 17.8 Å². The lowest BCUT2D eigenvalue weighted by Crippen LogP contribution is -2.40. The average Bonchev–Trinajstić information content (AvgIpc) is 2.41. The molecule has 0 saturated carbocycles. The molecule has 0 aliphatic carbocycles. The molecule has 1 atom stereocenters. The van der Waals surface area contributed by atoms with Crippen molar-refractivity contribution in [1.82, 2.24) is 5.32 Å². The van der Waals surface area contributed by atoms with E-state index in [4.69, 9.17) is 10.8 Å². The molecule has 0 spiro atoms. The van der Waals surface area contributed by atoms with Crippen LogP contribution >= 0.6 is 11.8 Å². The first kappa shape index (κ1) is 16.1. The predicted molar refractivity (Wildman–Crippen MR) is 82.5 cm³/mol. The molecule has 6 heteroatoms.